The Bertz CT molecular complexity index is 764. The van der Waals surface area contributed by atoms with Gasteiger partial charge in [0.05, 0.1) is 6.54 Å². The SMILES string of the molecule is CC(C)(C)OC(=O)N(C(=O)N1CCCC1)N(CC=O)C(=O)C=Cc1ccccc1. The zero-order valence-electron chi connectivity index (χ0n) is 17.0. The van der Waals surface area contributed by atoms with E-state index in [-0.39, 0.29) is 0 Å². The van der Waals surface area contributed by atoms with E-state index in [0.29, 0.717) is 24.4 Å². The van der Waals surface area contributed by atoms with Crippen molar-refractivity contribution in [3.8, 4) is 0 Å². The molecule has 0 bridgehead atoms. The van der Waals surface area contributed by atoms with Crippen molar-refractivity contribution in [2.75, 3.05) is 19.6 Å². The Morgan fingerprint density at radius 3 is 2.28 bits per heavy atom. The minimum Gasteiger partial charge on any atom is -0.442 e. The lowest BCUT2D eigenvalue weighted by Crippen LogP contribution is -2.57. The summed E-state index contributed by atoms with van der Waals surface area (Å²) in [5, 5.41) is 1.43. The van der Waals surface area contributed by atoms with Crippen molar-refractivity contribution >= 4 is 30.4 Å². The van der Waals surface area contributed by atoms with E-state index in [1.807, 2.05) is 18.2 Å². The summed E-state index contributed by atoms with van der Waals surface area (Å²) in [7, 11) is 0. The van der Waals surface area contributed by atoms with Crippen molar-refractivity contribution in [2.24, 2.45) is 0 Å². The monoisotopic (exact) mass is 401 g/mol. The van der Waals surface area contributed by atoms with E-state index in [2.05, 4.69) is 0 Å². The summed E-state index contributed by atoms with van der Waals surface area (Å²) < 4.78 is 5.33. The molecular formula is C21H27N3O5. The lowest BCUT2D eigenvalue weighted by atomic mass is 10.2. The van der Waals surface area contributed by atoms with Crippen molar-refractivity contribution in [2.45, 2.75) is 39.2 Å². The zero-order chi connectivity index (χ0) is 21.4. The van der Waals surface area contributed by atoms with Gasteiger partial charge in [0.15, 0.2) is 0 Å². The van der Waals surface area contributed by atoms with Crippen LogP contribution in [0.3, 0.4) is 0 Å². The fraction of sp³-hybridized carbons (Fsp3) is 0.429. The van der Waals surface area contributed by atoms with Crippen LogP contribution in [0.25, 0.3) is 6.08 Å². The van der Waals surface area contributed by atoms with Crippen molar-refractivity contribution in [3.63, 3.8) is 0 Å². The highest BCUT2D eigenvalue weighted by molar-refractivity contribution is 5.98. The lowest BCUT2D eigenvalue weighted by molar-refractivity contribution is -0.140. The molecule has 8 nitrogen and oxygen atoms in total. The number of rotatable bonds is 4. The molecular weight excluding hydrogens is 374 g/mol. The quantitative estimate of drug-likeness (QED) is 0.440. The van der Waals surface area contributed by atoms with Crippen LogP contribution >= 0.6 is 0 Å². The molecule has 1 aromatic carbocycles. The van der Waals surface area contributed by atoms with E-state index in [4.69, 9.17) is 4.74 Å². The first-order valence-electron chi connectivity index (χ1n) is 9.53. The van der Waals surface area contributed by atoms with Gasteiger partial charge in [-0.3, -0.25) is 4.79 Å². The van der Waals surface area contributed by atoms with E-state index >= 15 is 0 Å². The molecule has 1 aliphatic heterocycles. The van der Waals surface area contributed by atoms with Crippen molar-refractivity contribution in [1.29, 1.82) is 0 Å². The highest BCUT2D eigenvalue weighted by Gasteiger charge is 2.37. The Hall–Kier alpha value is -3.16. The molecule has 1 fully saturated rings. The Balaban J connectivity index is 2.32. The maximum Gasteiger partial charge on any atom is 0.438 e. The van der Waals surface area contributed by atoms with Gasteiger partial charge in [-0.1, -0.05) is 30.3 Å². The summed E-state index contributed by atoms with van der Waals surface area (Å²) in [5.41, 5.74) is -0.113. The molecule has 0 radical (unpaired) electrons. The van der Waals surface area contributed by atoms with Crippen LogP contribution in [-0.2, 0) is 14.3 Å². The maximum atomic E-state index is 13.0. The third kappa shape index (κ3) is 6.44. The molecule has 2 rings (SSSR count). The number of hydrogen-bond donors (Lipinski definition) is 0. The van der Waals surface area contributed by atoms with Gasteiger partial charge in [0, 0.05) is 19.2 Å². The molecule has 8 heteroatoms. The van der Waals surface area contributed by atoms with Crippen LogP contribution < -0.4 is 0 Å². The smallest absolute Gasteiger partial charge is 0.438 e. The largest absolute Gasteiger partial charge is 0.442 e. The van der Waals surface area contributed by atoms with Crippen LogP contribution in [0.15, 0.2) is 36.4 Å². The summed E-state index contributed by atoms with van der Waals surface area (Å²) >= 11 is 0. The number of imide groups is 1. The number of amides is 4. The average Bonchev–Trinajstić information content (AvgIpc) is 3.20. The van der Waals surface area contributed by atoms with Crippen molar-refractivity contribution in [1.82, 2.24) is 14.9 Å². The van der Waals surface area contributed by atoms with Crippen LogP contribution in [0.2, 0.25) is 0 Å². The van der Waals surface area contributed by atoms with E-state index in [1.165, 1.54) is 11.0 Å². The summed E-state index contributed by atoms with van der Waals surface area (Å²) in [4.78, 5) is 51.3. The minimum absolute atomic E-state index is 0.461. The molecule has 1 saturated heterocycles. The molecule has 156 valence electrons. The highest BCUT2D eigenvalue weighted by atomic mass is 16.6. The molecule has 0 saturated carbocycles. The molecule has 4 amide bonds. The molecule has 0 aliphatic carbocycles. The van der Waals surface area contributed by atoms with Gasteiger partial charge in [-0.25, -0.2) is 14.6 Å². The minimum atomic E-state index is -1.00. The van der Waals surface area contributed by atoms with Gasteiger partial charge in [0.2, 0.25) is 0 Å². The maximum absolute atomic E-state index is 13.0. The van der Waals surface area contributed by atoms with Crippen LogP contribution in [0, 0.1) is 0 Å². The predicted molar refractivity (Wildman–Crippen MR) is 108 cm³/mol. The van der Waals surface area contributed by atoms with Crippen LogP contribution in [0.4, 0.5) is 9.59 Å². The number of likely N-dealkylation sites (tertiary alicyclic amines) is 1. The van der Waals surface area contributed by atoms with Crippen LogP contribution in [0.1, 0.15) is 39.2 Å². The van der Waals surface area contributed by atoms with Crippen molar-refractivity contribution < 1.29 is 23.9 Å². The van der Waals surface area contributed by atoms with E-state index in [1.54, 1.807) is 39.0 Å². The van der Waals surface area contributed by atoms with E-state index < -0.39 is 30.2 Å². The van der Waals surface area contributed by atoms with Crippen LogP contribution in [0.5, 0.6) is 0 Å². The molecule has 1 aliphatic rings. The molecule has 1 heterocycles. The standard InChI is InChI=1S/C21H27N3O5/c1-21(2,3)29-20(28)24(19(27)22-13-7-8-14-22)23(15-16-25)18(26)12-11-17-9-5-4-6-10-17/h4-6,9-12,16H,7-8,13-15H2,1-3H3. The van der Waals surface area contributed by atoms with Crippen molar-refractivity contribution in [3.05, 3.63) is 42.0 Å². The van der Waals surface area contributed by atoms with Crippen LogP contribution in [-0.4, -0.2) is 64.5 Å². The Morgan fingerprint density at radius 1 is 1.10 bits per heavy atom. The van der Waals surface area contributed by atoms with Gasteiger partial charge in [-0.2, -0.15) is 0 Å². The lowest BCUT2D eigenvalue weighted by Gasteiger charge is -2.34. The second-order valence-corrected chi connectivity index (χ2v) is 7.60. The van der Waals surface area contributed by atoms with Gasteiger partial charge in [-0.05, 0) is 45.3 Å². The summed E-state index contributed by atoms with van der Waals surface area (Å²) in [5.74, 6) is -0.681. The van der Waals surface area contributed by atoms with E-state index in [0.717, 1.165) is 23.4 Å². The Kier molecular flexibility index (Phi) is 7.52. The summed E-state index contributed by atoms with van der Waals surface area (Å²) in [6, 6.07) is 8.40. The van der Waals surface area contributed by atoms with Gasteiger partial charge in [0.25, 0.3) is 5.91 Å². The first-order valence-corrected chi connectivity index (χ1v) is 9.53. The highest BCUT2D eigenvalue weighted by Crippen LogP contribution is 2.17. The number of carbonyl (C=O) groups excluding carboxylic acids is 4. The van der Waals surface area contributed by atoms with Gasteiger partial charge >= 0.3 is 12.1 Å². The first kappa shape index (κ1) is 22.1. The number of benzene rings is 1. The average molecular weight is 401 g/mol. The second-order valence-electron chi connectivity index (χ2n) is 7.60. The van der Waals surface area contributed by atoms with Gasteiger partial charge < -0.3 is 14.4 Å². The van der Waals surface area contributed by atoms with E-state index in [9.17, 15) is 19.2 Å². The third-order valence-electron chi connectivity index (χ3n) is 4.09. The number of urea groups is 1. The molecule has 0 unspecified atom stereocenters. The molecule has 0 atom stereocenters. The molecule has 0 spiro atoms. The molecule has 0 N–H and O–H groups in total. The summed E-state index contributed by atoms with van der Waals surface area (Å²) in [6.45, 7) is 5.46. The Labute approximate surface area is 170 Å². The van der Waals surface area contributed by atoms with Gasteiger partial charge in [-0.15, -0.1) is 5.01 Å². The molecule has 1 aromatic rings. The third-order valence-corrected chi connectivity index (χ3v) is 4.09. The number of hydrogen-bond acceptors (Lipinski definition) is 5. The number of hydrazine groups is 1. The predicted octanol–water partition coefficient (Wildman–Crippen LogP) is 3.10. The number of aldehydes is 1. The second kappa shape index (κ2) is 9.86. The number of nitrogens with zero attached hydrogens (tertiary/aromatic N) is 3. The fourth-order valence-corrected chi connectivity index (χ4v) is 2.79. The fourth-order valence-electron chi connectivity index (χ4n) is 2.79. The Morgan fingerprint density at radius 2 is 1.72 bits per heavy atom. The normalized spacial score (nSPS) is 14.0. The topological polar surface area (TPSA) is 87.2 Å². The van der Waals surface area contributed by atoms with Gasteiger partial charge in [0.1, 0.15) is 11.9 Å². The molecule has 0 aromatic heterocycles. The number of ether oxygens (including phenoxy) is 1. The zero-order valence-corrected chi connectivity index (χ0v) is 17.0. The molecule has 29 heavy (non-hydrogen) atoms. The summed E-state index contributed by atoms with van der Waals surface area (Å²) in [6.07, 6.45) is 3.84. The number of carbonyl (C=O) groups is 4. The first-order chi connectivity index (χ1) is 13.7.